The van der Waals surface area contributed by atoms with Gasteiger partial charge in [-0.05, 0) is 63.2 Å². The van der Waals surface area contributed by atoms with Gasteiger partial charge in [0.25, 0.3) is 5.91 Å². The molecule has 0 radical (unpaired) electrons. The second-order valence-corrected chi connectivity index (χ2v) is 7.01. The Morgan fingerprint density at radius 2 is 1.66 bits per heavy atom. The molecule has 1 aromatic carbocycles. The third-order valence-electron chi connectivity index (χ3n) is 4.83. The molecule has 146 valence electrons. The summed E-state index contributed by atoms with van der Waals surface area (Å²) in [7, 11) is 1.83. The first-order valence-electron chi connectivity index (χ1n) is 9.33. The van der Waals surface area contributed by atoms with Crippen LogP contribution in [-0.4, -0.2) is 30.2 Å². The standard InChI is InChI=1S/C22H22N6O/c1-14-11-12-23-20(25-14)17-7-9-18(10-8-17)26-21(29)19-13-24-27(4)22(19)28-15(2)5-6-16(28)3/h5-13H,1-4H3,(H,26,29). The molecule has 0 bridgehead atoms. The van der Waals surface area contributed by atoms with Crippen LogP contribution in [0.3, 0.4) is 0 Å². The van der Waals surface area contributed by atoms with E-state index in [1.165, 1.54) is 0 Å². The fourth-order valence-corrected chi connectivity index (χ4v) is 3.35. The van der Waals surface area contributed by atoms with Gasteiger partial charge in [-0.25, -0.2) is 9.97 Å². The van der Waals surface area contributed by atoms with Crippen LogP contribution in [-0.2, 0) is 7.05 Å². The van der Waals surface area contributed by atoms with Crippen LogP contribution in [0, 0.1) is 20.8 Å². The number of rotatable bonds is 4. The number of aromatic nitrogens is 5. The number of nitrogens with one attached hydrogen (secondary N) is 1. The summed E-state index contributed by atoms with van der Waals surface area (Å²) < 4.78 is 3.74. The van der Waals surface area contributed by atoms with Crippen molar-refractivity contribution in [3.8, 4) is 17.2 Å². The quantitative estimate of drug-likeness (QED) is 0.578. The Hall–Kier alpha value is -3.74. The Kier molecular flexibility index (Phi) is 4.72. The molecule has 4 rings (SSSR count). The van der Waals surface area contributed by atoms with Crippen molar-refractivity contribution in [2.24, 2.45) is 7.05 Å². The molecule has 0 saturated carbocycles. The van der Waals surface area contributed by atoms with Crippen molar-refractivity contribution >= 4 is 11.6 Å². The van der Waals surface area contributed by atoms with Crippen LogP contribution < -0.4 is 5.32 Å². The maximum absolute atomic E-state index is 13.0. The highest BCUT2D eigenvalue weighted by Crippen LogP contribution is 2.22. The van der Waals surface area contributed by atoms with Crippen molar-refractivity contribution in [1.29, 1.82) is 0 Å². The van der Waals surface area contributed by atoms with Gasteiger partial charge < -0.3 is 9.88 Å². The van der Waals surface area contributed by atoms with Crippen molar-refractivity contribution in [3.63, 3.8) is 0 Å². The van der Waals surface area contributed by atoms with E-state index >= 15 is 0 Å². The summed E-state index contributed by atoms with van der Waals surface area (Å²) in [6, 6.07) is 13.4. The third kappa shape index (κ3) is 3.54. The smallest absolute Gasteiger partial charge is 0.261 e. The van der Waals surface area contributed by atoms with Crippen molar-refractivity contribution in [1.82, 2.24) is 24.3 Å². The number of anilines is 1. The van der Waals surface area contributed by atoms with Crippen LogP contribution in [0.5, 0.6) is 0 Å². The number of hydrogen-bond acceptors (Lipinski definition) is 4. The van der Waals surface area contributed by atoms with Gasteiger partial charge in [0.05, 0.1) is 6.20 Å². The van der Waals surface area contributed by atoms with Gasteiger partial charge in [0.2, 0.25) is 0 Å². The van der Waals surface area contributed by atoms with E-state index in [-0.39, 0.29) is 5.91 Å². The monoisotopic (exact) mass is 386 g/mol. The lowest BCUT2D eigenvalue weighted by Crippen LogP contribution is -2.16. The van der Waals surface area contributed by atoms with Gasteiger partial charge in [0.15, 0.2) is 5.82 Å². The van der Waals surface area contributed by atoms with E-state index in [1.54, 1.807) is 17.1 Å². The Morgan fingerprint density at radius 1 is 0.966 bits per heavy atom. The SMILES string of the molecule is Cc1ccnc(-c2ccc(NC(=O)c3cnn(C)c3-n3c(C)ccc3C)cc2)n1. The normalized spacial score (nSPS) is 10.9. The molecule has 0 aliphatic heterocycles. The average molecular weight is 386 g/mol. The van der Waals surface area contributed by atoms with Crippen LogP contribution >= 0.6 is 0 Å². The maximum atomic E-state index is 13.0. The van der Waals surface area contributed by atoms with Crippen LogP contribution in [0.25, 0.3) is 17.2 Å². The molecule has 4 aromatic rings. The molecule has 0 aliphatic rings. The Morgan fingerprint density at radius 3 is 2.31 bits per heavy atom. The summed E-state index contributed by atoms with van der Waals surface area (Å²) in [6.45, 7) is 5.95. The molecule has 0 atom stereocenters. The Labute approximate surface area is 169 Å². The molecule has 0 fully saturated rings. The molecule has 0 spiro atoms. The zero-order chi connectivity index (χ0) is 20.5. The van der Waals surface area contributed by atoms with Gasteiger partial charge in [-0.15, -0.1) is 0 Å². The number of carbonyl (C=O) groups excluding carboxylic acids is 1. The van der Waals surface area contributed by atoms with Crippen molar-refractivity contribution in [3.05, 3.63) is 77.5 Å². The largest absolute Gasteiger partial charge is 0.322 e. The summed E-state index contributed by atoms with van der Waals surface area (Å²) in [5.74, 6) is 1.20. The number of benzene rings is 1. The molecule has 7 nitrogen and oxygen atoms in total. The number of aryl methyl sites for hydroxylation is 4. The minimum atomic E-state index is -0.208. The molecule has 1 N–H and O–H groups in total. The van der Waals surface area contributed by atoms with Crippen molar-refractivity contribution in [2.75, 3.05) is 5.32 Å². The molecule has 1 amide bonds. The summed E-state index contributed by atoms with van der Waals surface area (Å²) in [5.41, 5.74) is 5.10. The highest BCUT2D eigenvalue weighted by molar-refractivity contribution is 6.06. The predicted octanol–water partition coefficient (Wildman–Crippen LogP) is 3.85. The Balaban J connectivity index is 1.60. The maximum Gasteiger partial charge on any atom is 0.261 e. The molecule has 0 aliphatic carbocycles. The van der Waals surface area contributed by atoms with E-state index in [9.17, 15) is 4.79 Å². The minimum absolute atomic E-state index is 0.208. The number of carbonyl (C=O) groups is 1. The summed E-state index contributed by atoms with van der Waals surface area (Å²) in [4.78, 5) is 21.7. The lowest BCUT2D eigenvalue weighted by Gasteiger charge is -2.12. The van der Waals surface area contributed by atoms with Crippen LogP contribution in [0.1, 0.15) is 27.4 Å². The van der Waals surface area contributed by atoms with Gasteiger partial charge >= 0.3 is 0 Å². The van der Waals surface area contributed by atoms with Crippen molar-refractivity contribution < 1.29 is 4.79 Å². The van der Waals surface area contributed by atoms with Gasteiger partial charge in [-0.3, -0.25) is 9.48 Å². The lowest BCUT2D eigenvalue weighted by molar-refractivity contribution is 0.102. The van der Waals surface area contributed by atoms with Gasteiger partial charge in [-0.1, -0.05) is 0 Å². The molecular formula is C22H22N6O. The highest BCUT2D eigenvalue weighted by Gasteiger charge is 2.20. The summed E-state index contributed by atoms with van der Waals surface area (Å²) in [6.07, 6.45) is 3.33. The molecule has 29 heavy (non-hydrogen) atoms. The van der Waals surface area contributed by atoms with Crippen LogP contribution in [0.15, 0.2) is 54.9 Å². The minimum Gasteiger partial charge on any atom is -0.322 e. The van der Waals surface area contributed by atoms with Crippen LogP contribution in [0.4, 0.5) is 5.69 Å². The first-order valence-corrected chi connectivity index (χ1v) is 9.33. The topological polar surface area (TPSA) is 77.6 Å². The van der Waals surface area contributed by atoms with E-state index in [2.05, 4.69) is 20.4 Å². The fourth-order valence-electron chi connectivity index (χ4n) is 3.35. The van der Waals surface area contributed by atoms with E-state index < -0.39 is 0 Å². The molecule has 0 unspecified atom stereocenters. The van der Waals surface area contributed by atoms with E-state index in [0.29, 0.717) is 17.1 Å². The second kappa shape index (κ2) is 7.35. The number of nitrogens with zero attached hydrogens (tertiary/aromatic N) is 5. The van der Waals surface area contributed by atoms with Gasteiger partial charge in [0, 0.05) is 41.6 Å². The molecule has 7 heteroatoms. The lowest BCUT2D eigenvalue weighted by atomic mass is 10.2. The predicted molar refractivity (Wildman–Crippen MR) is 112 cm³/mol. The first-order chi connectivity index (χ1) is 13.9. The molecule has 3 heterocycles. The summed E-state index contributed by atoms with van der Waals surface area (Å²) >= 11 is 0. The van der Waals surface area contributed by atoms with Gasteiger partial charge in [0.1, 0.15) is 11.4 Å². The highest BCUT2D eigenvalue weighted by atomic mass is 16.1. The second-order valence-electron chi connectivity index (χ2n) is 7.01. The van der Waals surface area contributed by atoms with E-state index in [0.717, 1.165) is 28.5 Å². The van der Waals surface area contributed by atoms with Gasteiger partial charge in [-0.2, -0.15) is 5.10 Å². The van der Waals surface area contributed by atoms with Crippen molar-refractivity contribution in [2.45, 2.75) is 20.8 Å². The molecule has 0 saturated heterocycles. The first kappa shape index (κ1) is 18.6. The Bertz CT molecular complexity index is 1170. The zero-order valence-electron chi connectivity index (χ0n) is 16.8. The number of hydrogen-bond donors (Lipinski definition) is 1. The average Bonchev–Trinajstić information content (AvgIpc) is 3.23. The van der Waals surface area contributed by atoms with Crippen LogP contribution in [0.2, 0.25) is 0 Å². The van der Waals surface area contributed by atoms with E-state index in [1.807, 2.05) is 74.9 Å². The molecular weight excluding hydrogens is 364 g/mol. The number of amides is 1. The molecule has 3 aromatic heterocycles. The fraction of sp³-hybridized carbons (Fsp3) is 0.182. The zero-order valence-corrected chi connectivity index (χ0v) is 16.8. The van der Waals surface area contributed by atoms with E-state index in [4.69, 9.17) is 0 Å². The third-order valence-corrected chi connectivity index (χ3v) is 4.83. The summed E-state index contributed by atoms with van der Waals surface area (Å²) in [5, 5.41) is 7.25.